The molecule has 4 heterocycles. The monoisotopic (exact) mass is 458 g/mol. The first-order valence-corrected chi connectivity index (χ1v) is 13.5. The van der Waals surface area contributed by atoms with Gasteiger partial charge in [0.2, 0.25) is 0 Å². The lowest BCUT2D eigenvalue weighted by atomic mass is 9.88. The molecule has 0 atom stereocenters. The van der Waals surface area contributed by atoms with Crippen molar-refractivity contribution in [3.05, 3.63) is 45.1 Å². The highest BCUT2D eigenvalue weighted by atomic mass is 32.1. The molecule has 0 radical (unpaired) electrons. The molecule has 4 aromatic rings. The van der Waals surface area contributed by atoms with Crippen molar-refractivity contribution in [2.75, 3.05) is 0 Å². The van der Waals surface area contributed by atoms with Crippen molar-refractivity contribution < 1.29 is 0 Å². The van der Waals surface area contributed by atoms with E-state index in [0.717, 1.165) is 0 Å². The van der Waals surface area contributed by atoms with Gasteiger partial charge in [-0.2, -0.15) is 0 Å². The zero-order chi connectivity index (χ0) is 21.1. The van der Waals surface area contributed by atoms with Crippen LogP contribution < -0.4 is 0 Å². The van der Waals surface area contributed by atoms with Gasteiger partial charge >= 0.3 is 0 Å². The highest BCUT2D eigenvalue weighted by Crippen LogP contribution is 2.48. The maximum Gasteiger partial charge on any atom is 0.0475 e. The maximum atomic E-state index is 2.42. The van der Waals surface area contributed by atoms with Crippen LogP contribution in [0.1, 0.15) is 68.8 Å². The molecule has 0 saturated carbocycles. The van der Waals surface area contributed by atoms with Gasteiger partial charge in [-0.3, -0.25) is 0 Å². The summed E-state index contributed by atoms with van der Waals surface area (Å²) in [4.78, 5) is 8.74. The predicted octanol–water partition coefficient (Wildman–Crippen LogP) is 10.0. The summed E-state index contributed by atoms with van der Waals surface area (Å²) in [7, 11) is 0. The third-order valence-corrected chi connectivity index (χ3v) is 11.7. The van der Waals surface area contributed by atoms with E-state index in [2.05, 4.69) is 79.7 Å². The zero-order valence-electron chi connectivity index (χ0n) is 18.6. The van der Waals surface area contributed by atoms with Crippen molar-refractivity contribution in [3.63, 3.8) is 0 Å². The summed E-state index contributed by atoms with van der Waals surface area (Å²) in [6, 6.07) is 9.62. The van der Waals surface area contributed by atoms with Crippen molar-refractivity contribution in [1.29, 1.82) is 0 Å². The van der Waals surface area contributed by atoms with E-state index in [1.807, 2.05) is 45.3 Å². The predicted molar refractivity (Wildman–Crippen MR) is 138 cm³/mol. The first-order chi connectivity index (χ1) is 13.5. The molecule has 0 aliphatic rings. The minimum Gasteiger partial charge on any atom is -0.139 e. The van der Waals surface area contributed by atoms with Gasteiger partial charge < -0.3 is 0 Å². The second kappa shape index (κ2) is 7.33. The Bertz CT molecular complexity index is 1140. The quantitative estimate of drug-likeness (QED) is 0.285. The molecule has 154 valence electrons. The minimum atomic E-state index is 0.218. The average Bonchev–Trinajstić information content (AvgIpc) is 3.35. The first-order valence-electron chi connectivity index (χ1n) is 10.3. The topological polar surface area (TPSA) is 0 Å². The first kappa shape index (κ1) is 21.3. The van der Waals surface area contributed by atoms with Crippen LogP contribution >= 0.6 is 45.3 Å². The van der Waals surface area contributed by atoms with Gasteiger partial charge in [-0.1, -0.05) is 41.5 Å². The standard InChI is InChI=1S/C25H30S4/c1-9-25(7,8)21-11-15(3)23(29-21)19-13-17-16(27-19)12-18(26-17)22-14(2)10-20(28-22)24(4,5)6/h10-13H,9H2,1-8H3. The van der Waals surface area contributed by atoms with Crippen LogP contribution in [0.25, 0.3) is 28.9 Å². The highest BCUT2D eigenvalue weighted by molar-refractivity contribution is 7.33. The summed E-state index contributed by atoms with van der Waals surface area (Å²) >= 11 is 7.86. The molecule has 0 fully saturated rings. The van der Waals surface area contributed by atoms with E-state index in [1.54, 1.807) is 0 Å². The molecular weight excluding hydrogens is 429 g/mol. The number of hydrogen-bond donors (Lipinski definition) is 0. The molecule has 0 unspecified atom stereocenters. The summed E-state index contributed by atoms with van der Waals surface area (Å²) in [5.41, 5.74) is 3.31. The molecule has 0 aromatic carbocycles. The Hall–Kier alpha value is -0.940. The lowest BCUT2D eigenvalue weighted by Gasteiger charge is -2.20. The summed E-state index contributed by atoms with van der Waals surface area (Å²) in [6.07, 6.45) is 1.17. The molecule has 4 aromatic heterocycles. The van der Waals surface area contributed by atoms with E-state index in [4.69, 9.17) is 0 Å². The Kier molecular flexibility index (Phi) is 5.39. The molecular formula is C25H30S4. The van der Waals surface area contributed by atoms with E-state index in [-0.39, 0.29) is 10.8 Å². The molecule has 29 heavy (non-hydrogen) atoms. The fraction of sp³-hybridized carbons (Fsp3) is 0.440. The number of thiophene rings is 4. The van der Waals surface area contributed by atoms with Crippen molar-refractivity contribution in [2.24, 2.45) is 0 Å². The van der Waals surface area contributed by atoms with Crippen molar-refractivity contribution >= 4 is 54.7 Å². The molecule has 4 rings (SSSR count). The number of fused-ring (bicyclic) bond motifs is 1. The van der Waals surface area contributed by atoms with Crippen LogP contribution in [0.5, 0.6) is 0 Å². The van der Waals surface area contributed by atoms with Gasteiger partial charge in [-0.25, -0.2) is 0 Å². The molecule has 0 spiro atoms. The van der Waals surface area contributed by atoms with Crippen LogP contribution in [0.2, 0.25) is 0 Å². The summed E-state index contributed by atoms with van der Waals surface area (Å²) in [5.74, 6) is 0. The van der Waals surface area contributed by atoms with Crippen molar-refractivity contribution in [1.82, 2.24) is 0 Å². The molecule has 0 aliphatic carbocycles. The smallest absolute Gasteiger partial charge is 0.0475 e. The largest absolute Gasteiger partial charge is 0.139 e. The van der Waals surface area contributed by atoms with Crippen LogP contribution in [0, 0.1) is 13.8 Å². The maximum absolute atomic E-state index is 2.42. The highest BCUT2D eigenvalue weighted by Gasteiger charge is 2.24. The van der Waals surface area contributed by atoms with E-state index in [0.29, 0.717) is 0 Å². The molecule has 0 aliphatic heterocycles. The molecule has 0 bridgehead atoms. The van der Waals surface area contributed by atoms with Crippen LogP contribution in [-0.4, -0.2) is 0 Å². The Labute approximate surface area is 191 Å². The fourth-order valence-electron chi connectivity index (χ4n) is 3.39. The average molecular weight is 459 g/mol. The molecule has 0 amide bonds. The van der Waals surface area contributed by atoms with E-state index < -0.39 is 0 Å². The molecule has 4 heteroatoms. The second-order valence-corrected chi connectivity index (χ2v) is 14.0. The lowest BCUT2D eigenvalue weighted by molar-refractivity contribution is 0.517. The van der Waals surface area contributed by atoms with Crippen LogP contribution in [0.3, 0.4) is 0 Å². The minimum absolute atomic E-state index is 0.218. The fourth-order valence-corrected chi connectivity index (χ4v) is 8.69. The van der Waals surface area contributed by atoms with E-state index in [9.17, 15) is 0 Å². The second-order valence-electron chi connectivity index (χ2n) is 9.68. The van der Waals surface area contributed by atoms with Crippen LogP contribution in [-0.2, 0) is 10.8 Å². The van der Waals surface area contributed by atoms with Crippen LogP contribution in [0.4, 0.5) is 0 Å². The van der Waals surface area contributed by atoms with Crippen molar-refractivity contribution in [3.8, 4) is 19.5 Å². The van der Waals surface area contributed by atoms with E-state index >= 15 is 0 Å². The van der Waals surface area contributed by atoms with Gasteiger partial charge in [-0.05, 0) is 66.5 Å². The van der Waals surface area contributed by atoms with Gasteiger partial charge in [0.15, 0.2) is 0 Å². The Morgan fingerprint density at radius 2 is 1.10 bits per heavy atom. The SMILES string of the molecule is CCC(C)(C)c1cc(C)c(-c2cc3sc(-c4sc(C(C)(C)C)cc4C)cc3s2)s1. The molecule has 0 N–H and O–H groups in total. The number of hydrogen-bond acceptors (Lipinski definition) is 4. The Morgan fingerprint density at radius 1 is 0.655 bits per heavy atom. The van der Waals surface area contributed by atoms with Crippen LogP contribution in [0.15, 0.2) is 24.3 Å². The number of aryl methyl sites for hydroxylation is 2. The summed E-state index contributed by atoms with van der Waals surface area (Å²) in [6.45, 7) is 18.4. The third kappa shape index (κ3) is 3.89. The molecule has 0 saturated heterocycles. The Balaban J connectivity index is 1.71. The molecule has 0 nitrogen and oxygen atoms in total. The van der Waals surface area contributed by atoms with Crippen molar-refractivity contribution in [2.45, 2.75) is 72.6 Å². The van der Waals surface area contributed by atoms with E-state index in [1.165, 1.54) is 56.2 Å². The van der Waals surface area contributed by atoms with Gasteiger partial charge in [-0.15, -0.1) is 45.3 Å². The lowest BCUT2D eigenvalue weighted by Crippen LogP contribution is -2.12. The zero-order valence-corrected chi connectivity index (χ0v) is 21.9. The summed E-state index contributed by atoms with van der Waals surface area (Å²) < 4.78 is 2.85. The van der Waals surface area contributed by atoms with Gasteiger partial charge in [0.1, 0.15) is 0 Å². The number of rotatable bonds is 4. The summed E-state index contributed by atoms with van der Waals surface area (Å²) in [5, 5.41) is 0. The normalized spacial score (nSPS) is 13.0. The van der Waals surface area contributed by atoms with Gasteiger partial charge in [0, 0.05) is 38.7 Å². The Morgan fingerprint density at radius 3 is 1.52 bits per heavy atom. The van der Waals surface area contributed by atoms with Gasteiger partial charge in [0.05, 0.1) is 0 Å². The third-order valence-electron chi connectivity index (χ3n) is 5.78. The van der Waals surface area contributed by atoms with Gasteiger partial charge in [0.25, 0.3) is 0 Å².